The Bertz CT molecular complexity index is 994. The van der Waals surface area contributed by atoms with E-state index >= 15 is 0 Å². The first-order valence-corrected chi connectivity index (χ1v) is 9.84. The lowest BCUT2D eigenvalue weighted by molar-refractivity contribution is 0.428. The van der Waals surface area contributed by atoms with Crippen LogP contribution in [-0.2, 0) is 4.65 Å². The van der Waals surface area contributed by atoms with E-state index in [1.54, 1.807) is 7.11 Å². The molecule has 0 heterocycles. The second-order valence-electron chi connectivity index (χ2n) is 7.03. The maximum absolute atomic E-state index is 6.10. The minimum Gasteiger partial charge on any atom is -0.415 e. The second-order valence-corrected chi connectivity index (χ2v) is 7.03. The van der Waals surface area contributed by atoms with Gasteiger partial charge in [0.15, 0.2) is 0 Å². The Morgan fingerprint density at radius 2 is 1.03 bits per heavy atom. The maximum Gasteiger partial charge on any atom is 0.452 e. The van der Waals surface area contributed by atoms with Gasteiger partial charge in [0, 0.05) is 12.8 Å². The van der Waals surface area contributed by atoms with Crippen molar-refractivity contribution in [3.05, 3.63) is 109 Å². The molecule has 0 atom stereocenters. The Kier molecular flexibility index (Phi) is 5.78. The molecule has 142 valence electrons. The van der Waals surface area contributed by atoms with Gasteiger partial charge in [-0.25, -0.2) is 0 Å². The van der Waals surface area contributed by atoms with E-state index in [4.69, 9.17) is 4.65 Å². The SMILES string of the molecule is COB(c1c(-c2ccccc2)cccc1-c1ccccc1)N(C)c1ccccc1. The quantitative estimate of drug-likeness (QED) is 0.412. The summed E-state index contributed by atoms with van der Waals surface area (Å²) in [5.41, 5.74) is 7.01. The summed E-state index contributed by atoms with van der Waals surface area (Å²) in [6.45, 7) is 0. The number of rotatable bonds is 6. The zero-order valence-electron chi connectivity index (χ0n) is 16.8. The first-order chi connectivity index (χ1) is 14.3. The molecule has 4 rings (SSSR count). The second kappa shape index (κ2) is 8.81. The standard InChI is InChI=1S/C26H24BNO/c1-28(23-17-10-5-11-18-23)27(29-2)26-24(21-13-6-3-7-14-21)19-12-20-25(26)22-15-8-4-9-16-22/h3-20H,1-2H3. The van der Waals surface area contributed by atoms with E-state index in [2.05, 4.69) is 103 Å². The van der Waals surface area contributed by atoms with Crippen LogP contribution in [0.1, 0.15) is 0 Å². The molecule has 0 saturated heterocycles. The largest absolute Gasteiger partial charge is 0.452 e. The summed E-state index contributed by atoms with van der Waals surface area (Å²) in [6, 6.07) is 37.9. The number of hydrogen-bond donors (Lipinski definition) is 0. The maximum atomic E-state index is 6.10. The Morgan fingerprint density at radius 1 is 0.586 bits per heavy atom. The summed E-state index contributed by atoms with van der Waals surface area (Å²) in [4.78, 5) is 2.19. The first kappa shape index (κ1) is 19.0. The highest BCUT2D eigenvalue weighted by atomic mass is 16.4. The predicted octanol–water partition coefficient (Wildman–Crippen LogP) is 5.50. The summed E-state index contributed by atoms with van der Waals surface area (Å²) < 4.78 is 6.10. The molecule has 29 heavy (non-hydrogen) atoms. The van der Waals surface area contributed by atoms with Crippen LogP contribution in [0.3, 0.4) is 0 Å². The zero-order chi connectivity index (χ0) is 20.1. The van der Waals surface area contributed by atoms with E-state index in [1.165, 1.54) is 27.7 Å². The predicted molar refractivity (Wildman–Crippen MR) is 125 cm³/mol. The molecule has 4 aromatic carbocycles. The van der Waals surface area contributed by atoms with Crippen LogP contribution in [0.2, 0.25) is 0 Å². The van der Waals surface area contributed by atoms with Crippen molar-refractivity contribution in [3.8, 4) is 22.3 Å². The van der Waals surface area contributed by atoms with Gasteiger partial charge in [0.1, 0.15) is 0 Å². The van der Waals surface area contributed by atoms with Crippen molar-refractivity contribution in [3.63, 3.8) is 0 Å². The van der Waals surface area contributed by atoms with Crippen molar-refractivity contribution in [1.82, 2.24) is 0 Å². The Hall–Kier alpha value is -3.30. The monoisotopic (exact) mass is 377 g/mol. The molecule has 0 amide bonds. The van der Waals surface area contributed by atoms with Crippen molar-refractivity contribution in [1.29, 1.82) is 0 Å². The molecular weight excluding hydrogens is 353 g/mol. The van der Waals surface area contributed by atoms with E-state index in [9.17, 15) is 0 Å². The van der Waals surface area contributed by atoms with Crippen LogP contribution < -0.4 is 10.3 Å². The molecule has 0 saturated carbocycles. The van der Waals surface area contributed by atoms with E-state index in [1.807, 2.05) is 18.2 Å². The number of hydrogen-bond acceptors (Lipinski definition) is 2. The lowest BCUT2D eigenvalue weighted by Gasteiger charge is -2.29. The van der Waals surface area contributed by atoms with Crippen molar-refractivity contribution >= 4 is 18.2 Å². The van der Waals surface area contributed by atoms with Crippen LogP contribution in [0, 0.1) is 0 Å². The van der Waals surface area contributed by atoms with Gasteiger partial charge in [0.25, 0.3) is 0 Å². The fraction of sp³-hybridized carbons (Fsp3) is 0.0769. The van der Waals surface area contributed by atoms with Crippen molar-refractivity contribution < 1.29 is 4.65 Å². The van der Waals surface area contributed by atoms with E-state index in [0.717, 1.165) is 5.69 Å². The Morgan fingerprint density at radius 3 is 1.48 bits per heavy atom. The molecule has 4 aromatic rings. The third kappa shape index (κ3) is 3.96. The number of benzene rings is 4. The average molecular weight is 377 g/mol. The summed E-state index contributed by atoms with van der Waals surface area (Å²) in [5, 5.41) is 0. The van der Waals surface area contributed by atoms with Gasteiger partial charge in [-0.3, -0.25) is 0 Å². The molecule has 0 fully saturated rings. The van der Waals surface area contributed by atoms with E-state index in [0.29, 0.717) is 0 Å². The molecule has 0 radical (unpaired) electrons. The summed E-state index contributed by atoms with van der Waals surface area (Å²) in [7, 11) is 3.63. The van der Waals surface area contributed by atoms with Gasteiger partial charge >= 0.3 is 7.05 Å². The van der Waals surface area contributed by atoms with E-state index in [-0.39, 0.29) is 7.05 Å². The molecule has 0 aliphatic rings. The van der Waals surface area contributed by atoms with Gasteiger partial charge in [0.05, 0.1) is 0 Å². The Balaban J connectivity index is 1.93. The minimum absolute atomic E-state index is 0.232. The van der Waals surface area contributed by atoms with Crippen molar-refractivity contribution in [2.24, 2.45) is 0 Å². The van der Waals surface area contributed by atoms with Crippen LogP contribution in [0.4, 0.5) is 5.69 Å². The van der Waals surface area contributed by atoms with Gasteiger partial charge in [-0.05, 0) is 46.9 Å². The fourth-order valence-electron chi connectivity index (χ4n) is 3.84. The average Bonchev–Trinajstić information content (AvgIpc) is 2.81. The van der Waals surface area contributed by atoms with Crippen LogP contribution >= 0.6 is 0 Å². The fourth-order valence-corrected chi connectivity index (χ4v) is 3.84. The van der Waals surface area contributed by atoms with Crippen molar-refractivity contribution in [2.45, 2.75) is 0 Å². The van der Waals surface area contributed by atoms with E-state index < -0.39 is 0 Å². The van der Waals surface area contributed by atoms with Crippen LogP contribution in [0.5, 0.6) is 0 Å². The normalized spacial score (nSPS) is 10.6. The van der Waals surface area contributed by atoms with Crippen LogP contribution in [0.25, 0.3) is 22.3 Å². The third-order valence-corrected chi connectivity index (χ3v) is 5.26. The topological polar surface area (TPSA) is 12.5 Å². The number of para-hydroxylation sites is 1. The first-order valence-electron chi connectivity index (χ1n) is 9.84. The molecule has 2 nitrogen and oxygen atoms in total. The van der Waals surface area contributed by atoms with Gasteiger partial charge in [-0.2, -0.15) is 0 Å². The highest BCUT2D eigenvalue weighted by Crippen LogP contribution is 2.27. The Labute approximate surface area is 173 Å². The zero-order valence-corrected chi connectivity index (χ0v) is 16.8. The molecule has 0 spiro atoms. The summed E-state index contributed by atoms with van der Waals surface area (Å²) >= 11 is 0. The van der Waals surface area contributed by atoms with Crippen LogP contribution in [-0.4, -0.2) is 21.2 Å². The lowest BCUT2D eigenvalue weighted by atomic mass is 9.64. The lowest BCUT2D eigenvalue weighted by Crippen LogP contribution is -2.50. The van der Waals surface area contributed by atoms with Gasteiger partial charge in [-0.15, -0.1) is 0 Å². The highest BCUT2D eigenvalue weighted by molar-refractivity contribution is 6.73. The molecule has 0 bridgehead atoms. The molecule has 0 aliphatic heterocycles. The van der Waals surface area contributed by atoms with Gasteiger partial charge < -0.3 is 9.47 Å². The van der Waals surface area contributed by atoms with Crippen molar-refractivity contribution in [2.75, 3.05) is 19.0 Å². The smallest absolute Gasteiger partial charge is 0.415 e. The van der Waals surface area contributed by atoms with Gasteiger partial charge in [0.2, 0.25) is 0 Å². The molecule has 0 unspecified atom stereocenters. The summed E-state index contributed by atoms with van der Waals surface area (Å²) in [6.07, 6.45) is 0. The molecule has 0 aromatic heterocycles. The molecule has 3 heteroatoms. The highest BCUT2D eigenvalue weighted by Gasteiger charge is 2.30. The number of anilines is 1. The van der Waals surface area contributed by atoms with Gasteiger partial charge in [-0.1, -0.05) is 97.1 Å². The summed E-state index contributed by atoms with van der Waals surface area (Å²) in [5.74, 6) is 0. The minimum atomic E-state index is -0.232. The molecule has 0 aliphatic carbocycles. The van der Waals surface area contributed by atoms with Crippen LogP contribution in [0.15, 0.2) is 109 Å². The number of nitrogens with zero attached hydrogens (tertiary/aromatic N) is 1. The molecular formula is C26H24BNO. The molecule has 0 N–H and O–H groups in total. The third-order valence-electron chi connectivity index (χ3n) is 5.26.